The predicted octanol–water partition coefficient (Wildman–Crippen LogP) is 5.78. The van der Waals surface area contributed by atoms with E-state index >= 15 is 0 Å². The molecule has 1 amide bonds. The lowest BCUT2D eigenvalue weighted by Crippen LogP contribution is -2.40. The highest BCUT2D eigenvalue weighted by Gasteiger charge is 2.24. The summed E-state index contributed by atoms with van der Waals surface area (Å²) < 4.78 is 5.83. The van der Waals surface area contributed by atoms with Gasteiger partial charge in [0.25, 0.3) is 0 Å². The Bertz CT molecular complexity index is 973. The van der Waals surface area contributed by atoms with E-state index in [1.165, 1.54) is 16.7 Å². The van der Waals surface area contributed by atoms with Crippen LogP contribution in [0.15, 0.2) is 78.9 Å². The van der Waals surface area contributed by atoms with Gasteiger partial charge in [-0.15, -0.1) is 0 Å². The summed E-state index contributed by atoms with van der Waals surface area (Å²) in [4.78, 5) is 15.2. The van der Waals surface area contributed by atoms with Crippen LogP contribution in [0.25, 0.3) is 0 Å². The normalized spacial score (nSPS) is 15.0. The maximum absolute atomic E-state index is 12.8. The van der Waals surface area contributed by atoms with Crippen LogP contribution in [0, 0.1) is 13.8 Å². The van der Waals surface area contributed by atoms with Crippen molar-refractivity contribution in [2.24, 2.45) is 0 Å². The van der Waals surface area contributed by atoms with Crippen LogP contribution in [0.2, 0.25) is 0 Å². The Hall–Kier alpha value is -3.11. The molecule has 0 radical (unpaired) electrons. The highest BCUT2D eigenvalue weighted by molar-refractivity contribution is 5.69. The number of hydrogen-bond acceptors (Lipinski definition) is 3. The van der Waals surface area contributed by atoms with Crippen LogP contribution in [-0.2, 0) is 11.3 Å². The van der Waals surface area contributed by atoms with E-state index in [1.54, 1.807) is 0 Å². The van der Waals surface area contributed by atoms with E-state index in [-0.39, 0.29) is 18.2 Å². The smallest absolute Gasteiger partial charge is 0.408 e. The molecule has 4 nitrogen and oxygen atoms in total. The van der Waals surface area contributed by atoms with E-state index in [0.717, 1.165) is 43.6 Å². The molecule has 0 saturated carbocycles. The molecule has 0 bridgehead atoms. The Labute approximate surface area is 191 Å². The Morgan fingerprint density at radius 1 is 0.906 bits per heavy atom. The van der Waals surface area contributed by atoms with Crippen LogP contribution in [0.1, 0.15) is 46.7 Å². The minimum atomic E-state index is -0.351. The number of amides is 1. The summed E-state index contributed by atoms with van der Waals surface area (Å²) in [6.45, 7) is 7.19. The van der Waals surface area contributed by atoms with Gasteiger partial charge in [0, 0.05) is 19.6 Å². The van der Waals surface area contributed by atoms with Crippen LogP contribution in [0.5, 0.6) is 0 Å². The number of nitrogens with zero attached hydrogens (tertiary/aromatic N) is 1. The molecule has 0 aliphatic carbocycles. The van der Waals surface area contributed by atoms with Gasteiger partial charge in [0.1, 0.15) is 6.10 Å². The molecule has 0 unspecified atom stereocenters. The first-order valence-corrected chi connectivity index (χ1v) is 11.4. The quantitative estimate of drug-likeness (QED) is 0.541. The van der Waals surface area contributed by atoms with Gasteiger partial charge in [0.05, 0.1) is 6.04 Å². The molecule has 4 rings (SSSR count). The van der Waals surface area contributed by atoms with Crippen LogP contribution in [0.3, 0.4) is 0 Å². The summed E-state index contributed by atoms with van der Waals surface area (Å²) in [7, 11) is 0. The standard InChI is InChI=1S/C28H32N2O2/c1-21-10-9-15-25(22(21)2)20-30-18-16-26(17-19-30)32-28(31)29-27(23-11-5-3-6-12-23)24-13-7-4-8-14-24/h3-15,26-27H,16-20H2,1-2H3,(H,29,31). The first-order chi connectivity index (χ1) is 15.6. The summed E-state index contributed by atoms with van der Waals surface area (Å²) in [5, 5.41) is 3.09. The van der Waals surface area contributed by atoms with E-state index in [1.807, 2.05) is 60.7 Å². The minimum Gasteiger partial charge on any atom is -0.446 e. The molecule has 3 aromatic carbocycles. The lowest BCUT2D eigenvalue weighted by atomic mass is 9.99. The summed E-state index contributed by atoms with van der Waals surface area (Å²) in [5.41, 5.74) is 6.18. The summed E-state index contributed by atoms with van der Waals surface area (Å²) >= 11 is 0. The number of alkyl carbamates (subject to hydrolysis) is 1. The average molecular weight is 429 g/mol. The number of aryl methyl sites for hydroxylation is 1. The van der Waals surface area contributed by atoms with Crippen LogP contribution in [0.4, 0.5) is 4.79 Å². The summed E-state index contributed by atoms with van der Waals surface area (Å²) in [6, 6.07) is 26.3. The van der Waals surface area contributed by atoms with Gasteiger partial charge in [0.15, 0.2) is 0 Å². The van der Waals surface area contributed by atoms with Gasteiger partial charge in [-0.1, -0.05) is 78.9 Å². The largest absolute Gasteiger partial charge is 0.446 e. The molecule has 1 N–H and O–H groups in total. The Morgan fingerprint density at radius 3 is 2.09 bits per heavy atom. The average Bonchev–Trinajstić information content (AvgIpc) is 2.83. The topological polar surface area (TPSA) is 41.6 Å². The molecule has 1 fully saturated rings. The summed E-state index contributed by atoms with van der Waals surface area (Å²) in [6.07, 6.45) is 1.33. The van der Waals surface area contributed by atoms with Crippen molar-refractivity contribution in [1.82, 2.24) is 10.2 Å². The van der Waals surface area contributed by atoms with Gasteiger partial charge in [-0.25, -0.2) is 4.79 Å². The maximum Gasteiger partial charge on any atom is 0.408 e. The third-order valence-corrected chi connectivity index (χ3v) is 6.45. The zero-order chi connectivity index (χ0) is 22.3. The number of nitrogens with one attached hydrogen (secondary N) is 1. The van der Waals surface area contributed by atoms with E-state index in [2.05, 4.69) is 42.3 Å². The molecular formula is C28H32N2O2. The van der Waals surface area contributed by atoms with Crippen LogP contribution >= 0.6 is 0 Å². The SMILES string of the molecule is Cc1cccc(CN2CCC(OC(=O)NC(c3ccccc3)c3ccccc3)CC2)c1C. The highest BCUT2D eigenvalue weighted by atomic mass is 16.6. The van der Waals surface area contributed by atoms with Gasteiger partial charge in [-0.05, 0) is 54.5 Å². The number of hydrogen-bond donors (Lipinski definition) is 1. The molecule has 4 heteroatoms. The lowest BCUT2D eigenvalue weighted by Gasteiger charge is -2.32. The second kappa shape index (κ2) is 10.5. The first-order valence-electron chi connectivity index (χ1n) is 11.4. The monoisotopic (exact) mass is 428 g/mol. The molecule has 0 atom stereocenters. The molecule has 3 aromatic rings. The Balaban J connectivity index is 1.32. The Kier molecular flexibility index (Phi) is 7.23. The molecule has 0 aromatic heterocycles. The van der Waals surface area contributed by atoms with E-state index in [9.17, 15) is 4.79 Å². The van der Waals surface area contributed by atoms with Crippen molar-refractivity contribution >= 4 is 6.09 Å². The number of carbonyl (C=O) groups excluding carboxylic acids is 1. The zero-order valence-corrected chi connectivity index (χ0v) is 19.0. The fourth-order valence-corrected chi connectivity index (χ4v) is 4.36. The van der Waals surface area contributed by atoms with Crippen molar-refractivity contribution < 1.29 is 9.53 Å². The highest BCUT2D eigenvalue weighted by Crippen LogP contribution is 2.23. The predicted molar refractivity (Wildman–Crippen MR) is 129 cm³/mol. The number of likely N-dealkylation sites (tertiary alicyclic amines) is 1. The van der Waals surface area contributed by atoms with Crippen molar-refractivity contribution in [3.8, 4) is 0 Å². The van der Waals surface area contributed by atoms with E-state index < -0.39 is 0 Å². The number of benzene rings is 3. The second-order valence-corrected chi connectivity index (χ2v) is 8.64. The van der Waals surface area contributed by atoms with Crippen molar-refractivity contribution in [1.29, 1.82) is 0 Å². The van der Waals surface area contributed by atoms with Crippen LogP contribution in [-0.4, -0.2) is 30.2 Å². The van der Waals surface area contributed by atoms with Crippen molar-refractivity contribution in [2.75, 3.05) is 13.1 Å². The van der Waals surface area contributed by atoms with Crippen molar-refractivity contribution in [3.05, 3.63) is 107 Å². The number of ether oxygens (including phenoxy) is 1. The van der Waals surface area contributed by atoms with Gasteiger partial charge in [0.2, 0.25) is 0 Å². The molecular weight excluding hydrogens is 396 g/mol. The molecule has 1 saturated heterocycles. The number of carbonyl (C=O) groups is 1. The molecule has 0 spiro atoms. The summed E-state index contributed by atoms with van der Waals surface area (Å²) in [5.74, 6) is 0. The molecule has 1 heterocycles. The van der Waals surface area contributed by atoms with Gasteiger partial charge < -0.3 is 10.1 Å². The second-order valence-electron chi connectivity index (χ2n) is 8.64. The first kappa shape index (κ1) is 22.1. The lowest BCUT2D eigenvalue weighted by molar-refractivity contribution is 0.0476. The molecule has 1 aliphatic heterocycles. The number of piperidine rings is 1. The van der Waals surface area contributed by atoms with Crippen LogP contribution < -0.4 is 5.32 Å². The van der Waals surface area contributed by atoms with E-state index in [0.29, 0.717) is 0 Å². The maximum atomic E-state index is 12.8. The van der Waals surface area contributed by atoms with Gasteiger partial charge in [-0.3, -0.25) is 4.90 Å². The van der Waals surface area contributed by atoms with Crippen molar-refractivity contribution in [2.45, 2.75) is 45.4 Å². The fourth-order valence-electron chi connectivity index (χ4n) is 4.36. The number of rotatable bonds is 6. The zero-order valence-electron chi connectivity index (χ0n) is 19.0. The third-order valence-electron chi connectivity index (χ3n) is 6.45. The molecule has 166 valence electrons. The third kappa shape index (κ3) is 5.57. The molecule has 1 aliphatic rings. The van der Waals surface area contributed by atoms with Gasteiger partial charge >= 0.3 is 6.09 Å². The van der Waals surface area contributed by atoms with Gasteiger partial charge in [-0.2, -0.15) is 0 Å². The van der Waals surface area contributed by atoms with Crippen molar-refractivity contribution in [3.63, 3.8) is 0 Å². The minimum absolute atomic E-state index is 0.0444. The Morgan fingerprint density at radius 2 is 1.50 bits per heavy atom. The molecule has 32 heavy (non-hydrogen) atoms. The van der Waals surface area contributed by atoms with E-state index in [4.69, 9.17) is 4.74 Å². The fraction of sp³-hybridized carbons (Fsp3) is 0.321.